The number of hydrogen-bond acceptors (Lipinski definition) is 6. The average molecular weight is 426 g/mol. The van der Waals surface area contributed by atoms with Gasteiger partial charge in [0.2, 0.25) is 0 Å². The summed E-state index contributed by atoms with van der Waals surface area (Å²) in [4.78, 5) is 13.9. The number of fused-ring (bicyclic) bond motifs is 2. The van der Waals surface area contributed by atoms with E-state index < -0.39 is 0 Å². The van der Waals surface area contributed by atoms with Crippen LogP contribution in [0.5, 0.6) is 0 Å². The summed E-state index contributed by atoms with van der Waals surface area (Å²) in [6.45, 7) is 0. The van der Waals surface area contributed by atoms with E-state index in [2.05, 4.69) is 38.5 Å². The van der Waals surface area contributed by atoms with Gasteiger partial charge >= 0.3 is 0 Å². The molecule has 0 radical (unpaired) electrons. The minimum Gasteiger partial charge on any atom is -0.398 e. The second-order valence-electron chi connectivity index (χ2n) is 7.19. The molecule has 0 fully saturated rings. The van der Waals surface area contributed by atoms with Crippen molar-refractivity contribution in [2.24, 2.45) is 0 Å². The molecule has 0 bridgehead atoms. The predicted molar refractivity (Wildman–Crippen MR) is 126 cm³/mol. The highest BCUT2D eigenvalue weighted by atomic mass is 32.1. The Bertz CT molecular complexity index is 1440. The van der Waals surface area contributed by atoms with E-state index in [9.17, 15) is 0 Å². The van der Waals surface area contributed by atoms with Crippen molar-refractivity contribution in [1.82, 2.24) is 29.9 Å². The van der Waals surface area contributed by atoms with E-state index in [4.69, 9.17) is 23.1 Å². The highest BCUT2D eigenvalue weighted by Crippen LogP contribution is 2.23. The number of aromatic nitrogens is 5. The van der Waals surface area contributed by atoms with Gasteiger partial charge in [0, 0.05) is 41.9 Å². The average Bonchev–Trinajstić information content (AvgIpc) is 3.20. The molecule has 0 saturated heterocycles. The van der Waals surface area contributed by atoms with Gasteiger partial charge in [-0.15, -0.1) is 0 Å². The van der Waals surface area contributed by atoms with Crippen LogP contribution >= 0.6 is 12.2 Å². The summed E-state index contributed by atoms with van der Waals surface area (Å²) in [6.07, 6.45) is 6.00. The van der Waals surface area contributed by atoms with E-state index in [1.807, 2.05) is 36.5 Å². The van der Waals surface area contributed by atoms with Crippen molar-refractivity contribution in [2.45, 2.75) is 6.42 Å². The smallest absolute Gasteiger partial charge is 0.250 e. The summed E-state index contributed by atoms with van der Waals surface area (Å²) < 4.78 is 1.78. The molecule has 0 unspecified atom stereocenters. The zero-order chi connectivity index (χ0) is 21.4. The standard InChI is InChI=1S/C23H19N7S/c1-25-22(31)18-6-5-16(11-19(18)24)21-13-28-23-27-12-17(30(23)29-21)10-14-4-7-20-15(9-14)3-2-8-26-20/h2-9,11-13H,10,24H2,1H3,(H,25,31). The monoisotopic (exact) mass is 425 g/mol. The minimum absolute atomic E-state index is 0.558. The summed E-state index contributed by atoms with van der Waals surface area (Å²) in [5.41, 5.74) is 12.3. The summed E-state index contributed by atoms with van der Waals surface area (Å²) in [7, 11) is 1.78. The Balaban J connectivity index is 1.51. The molecule has 0 spiro atoms. The highest BCUT2D eigenvalue weighted by molar-refractivity contribution is 7.80. The quantitative estimate of drug-likeness (QED) is 0.337. The van der Waals surface area contributed by atoms with Crippen LogP contribution in [0.25, 0.3) is 27.9 Å². The first-order valence-corrected chi connectivity index (χ1v) is 10.2. The van der Waals surface area contributed by atoms with Crippen LogP contribution in [0.2, 0.25) is 0 Å². The van der Waals surface area contributed by atoms with E-state index in [0.717, 1.165) is 33.3 Å². The fourth-order valence-corrected chi connectivity index (χ4v) is 3.77. The van der Waals surface area contributed by atoms with Gasteiger partial charge in [-0.2, -0.15) is 5.10 Å². The third-order valence-electron chi connectivity index (χ3n) is 5.17. The number of anilines is 1. The van der Waals surface area contributed by atoms with E-state index in [1.165, 1.54) is 0 Å². The summed E-state index contributed by atoms with van der Waals surface area (Å²) in [5.74, 6) is 0.558. The van der Waals surface area contributed by atoms with Gasteiger partial charge in [-0.1, -0.05) is 30.4 Å². The maximum absolute atomic E-state index is 6.21. The van der Waals surface area contributed by atoms with Crippen molar-refractivity contribution in [3.05, 3.63) is 83.9 Å². The normalized spacial score (nSPS) is 11.1. The van der Waals surface area contributed by atoms with Crippen molar-refractivity contribution in [1.29, 1.82) is 0 Å². The van der Waals surface area contributed by atoms with Gasteiger partial charge in [0.15, 0.2) is 0 Å². The maximum atomic E-state index is 6.21. The zero-order valence-corrected chi connectivity index (χ0v) is 17.6. The molecule has 0 saturated carbocycles. The lowest BCUT2D eigenvalue weighted by atomic mass is 10.1. The predicted octanol–water partition coefficient (Wildman–Crippen LogP) is 3.41. The number of nitrogen functional groups attached to an aromatic ring is 1. The number of thiocarbonyl (C=S) groups is 1. The van der Waals surface area contributed by atoms with Crippen LogP contribution in [-0.4, -0.2) is 36.6 Å². The van der Waals surface area contributed by atoms with Crippen molar-refractivity contribution in [2.75, 3.05) is 12.8 Å². The number of rotatable bonds is 4. The fraction of sp³-hybridized carbons (Fsp3) is 0.0870. The first kappa shape index (κ1) is 19.1. The molecule has 0 aliphatic carbocycles. The molecular formula is C23H19N7S. The fourth-order valence-electron chi connectivity index (χ4n) is 3.58. The third kappa shape index (κ3) is 3.57. The molecule has 0 atom stereocenters. The Morgan fingerprint density at radius 1 is 1.06 bits per heavy atom. The van der Waals surface area contributed by atoms with E-state index in [1.54, 1.807) is 24.0 Å². The lowest BCUT2D eigenvalue weighted by Crippen LogP contribution is -2.18. The highest BCUT2D eigenvalue weighted by Gasteiger charge is 2.12. The molecular weight excluding hydrogens is 406 g/mol. The van der Waals surface area contributed by atoms with Crippen LogP contribution in [-0.2, 0) is 6.42 Å². The summed E-state index contributed by atoms with van der Waals surface area (Å²) in [6, 6.07) is 16.0. The molecule has 3 N–H and O–H groups in total. The first-order chi connectivity index (χ1) is 15.1. The van der Waals surface area contributed by atoms with Gasteiger partial charge in [-0.05, 0) is 35.9 Å². The molecule has 5 rings (SSSR count). The van der Waals surface area contributed by atoms with Gasteiger partial charge < -0.3 is 11.1 Å². The first-order valence-electron chi connectivity index (χ1n) is 9.77. The summed E-state index contributed by atoms with van der Waals surface area (Å²) in [5, 5.41) is 8.83. The topological polar surface area (TPSA) is 94.0 Å². The molecule has 0 amide bonds. The van der Waals surface area contributed by atoms with E-state index >= 15 is 0 Å². The number of hydrogen-bond donors (Lipinski definition) is 2. The second-order valence-corrected chi connectivity index (χ2v) is 7.60. The summed E-state index contributed by atoms with van der Waals surface area (Å²) >= 11 is 5.29. The molecule has 0 aliphatic heterocycles. The number of pyridine rings is 1. The zero-order valence-electron chi connectivity index (χ0n) is 16.8. The van der Waals surface area contributed by atoms with E-state index in [-0.39, 0.29) is 0 Å². The van der Waals surface area contributed by atoms with Gasteiger partial charge in [-0.3, -0.25) is 4.98 Å². The molecule has 5 aromatic rings. The van der Waals surface area contributed by atoms with Gasteiger partial charge in [-0.25, -0.2) is 14.5 Å². The molecule has 7 nitrogen and oxygen atoms in total. The molecule has 0 aliphatic rings. The number of imidazole rings is 1. The van der Waals surface area contributed by atoms with Gasteiger partial charge in [0.1, 0.15) is 10.7 Å². The second kappa shape index (κ2) is 7.73. The Labute approximate surface area is 184 Å². The Morgan fingerprint density at radius 3 is 2.77 bits per heavy atom. The lowest BCUT2D eigenvalue weighted by molar-refractivity contribution is 0.854. The van der Waals surface area contributed by atoms with Gasteiger partial charge in [0.05, 0.1) is 23.6 Å². The van der Waals surface area contributed by atoms with Crippen molar-refractivity contribution in [3.8, 4) is 11.3 Å². The van der Waals surface area contributed by atoms with Crippen LogP contribution in [0.4, 0.5) is 5.69 Å². The van der Waals surface area contributed by atoms with E-state index in [0.29, 0.717) is 28.6 Å². The van der Waals surface area contributed by atoms with Gasteiger partial charge in [0.25, 0.3) is 5.78 Å². The van der Waals surface area contributed by atoms with Crippen LogP contribution in [0.1, 0.15) is 16.8 Å². The molecule has 8 heteroatoms. The minimum atomic E-state index is 0.558. The largest absolute Gasteiger partial charge is 0.398 e. The van der Waals surface area contributed by atoms with Crippen LogP contribution in [0.3, 0.4) is 0 Å². The lowest BCUT2D eigenvalue weighted by Gasteiger charge is -2.09. The molecule has 3 heterocycles. The number of nitrogens with one attached hydrogen (secondary N) is 1. The maximum Gasteiger partial charge on any atom is 0.250 e. The van der Waals surface area contributed by atoms with Crippen LogP contribution in [0, 0.1) is 0 Å². The van der Waals surface area contributed by atoms with Crippen LogP contribution in [0.15, 0.2) is 67.1 Å². The molecule has 2 aromatic carbocycles. The van der Waals surface area contributed by atoms with Crippen molar-refractivity contribution < 1.29 is 0 Å². The number of nitrogens with two attached hydrogens (primary N) is 1. The van der Waals surface area contributed by atoms with Crippen molar-refractivity contribution in [3.63, 3.8) is 0 Å². The van der Waals surface area contributed by atoms with Crippen LogP contribution < -0.4 is 11.1 Å². The molecule has 3 aromatic heterocycles. The SMILES string of the molecule is CNC(=S)c1ccc(-c2cnc3ncc(Cc4ccc5ncccc5c4)n3n2)cc1N. The Morgan fingerprint density at radius 2 is 1.94 bits per heavy atom. The number of benzene rings is 2. The number of nitrogens with zero attached hydrogens (tertiary/aromatic N) is 5. The van der Waals surface area contributed by atoms with Crippen molar-refractivity contribution >= 4 is 39.6 Å². The third-order valence-corrected chi connectivity index (χ3v) is 5.60. The Kier molecular flexibility index (Phi) is 4.76. The molecule has 152 valence electrons. The molecule has 31 heavy (non-hydrogen) atoms. The Hall–Kier alpha value is -3.91.